The van der Waals surface area contributed by atoms with Crippen molar-refractivity contribution in [2.75, 3.05) is 6.54 Å². The molecular formula is C17H37N3. The lowest BCUT2D eigenvalue weighted by Crippen LogP contribution is -2.56. The molecule has 0 radical (unpaired) electrons. The molecule has 0 saturated carbocycles. The summed E-state index contributed by atoms with van der Waals surface area (Å²) < 4.78 is 0. The maximum absolute atomic E-state index is 6.29. The normalized spacial score (nSPS) is 20.7. The molecule has 0 bridgehead atoms. The molecule has 0 spiro atoms. The SMILES string of the molecule is CCCCCCC(C)(CCCCCC)N1NCCC1N. The molecule has 1 atom stereocenters. The largest absolute Gasteiger partial charge is 0.315 e. The van der Waals surface area contributed by atoms with Crippen molar-refractivity contribution in [2.24, 2.45) is 5.73 Å². The standard InChI is InChI=1S/C17H37N3/c1-4-6-8-10-13-17(3,14-11-9-7-5-2)20-16(18)12-15-19-20/h16,19H,4-15,18H2,1-3H3. The molecule has 1 rings (SSSR count). The summed E-state index contributed by atoms with van der Waals surface area (Å²) in [6.07, 6.45) is 14.6. The molecule has 0 aromatic carbocycles. The van der Waals surface area contributed by atoms with Crippen molar-refractivity contribution in [3.05, 3.63) is 0 Å². The summed E-state index contributed by atoms with van der Waals surface area (Å²) in [6.45, 7) is 8.02. The minimum Gasteiger partial charge on any atom is -0.315 e. The summed E-state index contributed by atoms with van der Waals surface area (Å²) in [6, 6.07) is 0. The Bertz CT molecular complexity index is 230. The lowest BCUT2D eigenvalue weighted by Gasteiger charge is -2.41. The third-order valence-corrected chi connectivity index (χ3v) is 4.77. The van der Waals surface area contributed by atoms with Crippen molar-refractivity contribution < 1.29 is 0 Å². The van der Waals surface area contributed by atoms with Gasteiger partial charge in [-0.1, -0.05) is 65.2 Å². The monoisotopic (exact) mass is 283 g/mol. The van der Waals surface area contributed by atoms with E-state index in [1.54, 1.807) is 0 Å². The molecule has 0 aliphatic carbocycles. The van der Waals surface area contributed by atoms with Crippen LogP contribution in [0.5, 0.6) is 0 Å². The van der Waals surface area contributed by atoms with Crippen LogP contribution in [0.1, 0.15) is 91.4 Å². The molecule has 1 saturated heterocycles. The van der Waals surface area contributed by atoms with Crippen molar-refractivity contribution in [2.45, 2.75) is 103 Å². The zero-order valence-electron chi connectivity index (χ0n) is 14.1. The van der Waals surface area contributed by atoms with Gasteiger partial charge in [0.05, 0.1) is 6.17 Å². The van der Waals surface area contributed by atoms with Gasteiger partial charge in [-0.25, -0.2) is 5.01 Å². The predicted molar refractivity (Wildman–Crippen MR) is 88.4 cm³/mol. The Morgan fingerprint density at radius 1 is 1.00 bits per heavy atom. The summed E-state index contributed by atoms with van der Waals surface area (Å²) >= 11 is 0. The van der Waals surface area contributed by atoms with Crippen LogP contribution in [0, 0.1) is 0 Å². The molecule has 0 aromatic heterocycles. The van der Waals surface area contributed by atoms with E-state index in [-0.39, 0.29) is 11.7 Å². The fraction of sp³-hybridized carbons (Fsp3) is 1.00. The molecule has 1 aliphatic heterocycles. The van der Waals surface area contributed by atoms with Crippen molar-refractivity contribution >= 4 is 0 Å². The van der Waals surface area contributed by atoms with Gasteiger partial charge in [0.1, 0.15) is 0 Å². The highest BCUT2D eigenvalue weighted by Crippen LogP contribution is 2.30. The molecule has 0 amide bonds. The number of hydrazine groups is 1. The summed E-state index contributed by atoms with van der Waals surface area (Å²) in [5, 5.41) is 2.38. The number of nitrogens with two attached hydrogens (primary N) is 1. The molecule has 3 nitrogen and oxygen atoms in total. The first-order valence-electron chi connectivity index (χ1n) is 8.92. The van der Waals surface area contributed by atoms with Gasteiger partial charge in [-0.05, 0) is 26.2 Å². The van der Waals surface area contributed by atoms with Gasteiger partial charge >= 0.3 is 0 Å². The first kappa shape index (κ1) is 17.9. The number of nitrogens with zero attached hydrogens (tertiary/aromatic N) is 1. The second-order valence-corrected chi connectivity index (χ2v) is 6.75. The van der Waals surface area contributed by atoms with Gasteiger partial charge in [0.15, 0.2) is 0 Å². The molecule has 1 heterocycles. The zero-order chi connectivity index (χ0) is 14.8. The van der Waals surface area contributed by atoms with Crippen molar-refractivity contribution in [1.29, 1.82) is 0 Å². The third kappa shape index (κ3) is 5.71. The van der Waals surface area contributed by atoms with Crippen LogP contribution in [0.3, 0.4) is 0 Å². The smallest absolute Gasteiger partial charge is 0.0726 e. The Kier molecular flexibility index (Phi) is 8.74. The lowest BCUT2D eigenvalue weighted by molar-refractivity contribution is 0.0257. The second-order valence-electron chi connectivity index (χ2n) is 6.75. The van der Waals surface area contributed by atoms with E-state index in [0.717, 1.165) is 13.0 Å². The van der Waals surface area contributed by atoms with E-state index in [2.05, 4.69) is 31.2 Å². The van der Waals surface area contributed by atoms with E-state index in [9.17, 15) is 0 Å². The number of unbranched alkanes of at least 4 members (excludes halogenated alkanes) is 6. The molecule has 3 heteroatoms. The Balaban J connectivity index is 2.47. The molecule has 3 N–H and O–H groups in total. The Labute approximate surface area is 126 Å². The van der Waals surface area contributed by atoms with Gasteiger partial charge in [0, 0.05) is 12.1 Å². The number of hydrogen-bond acceptors (Lipinski definition) is 3. The Hall–Kier alpha value is -0.120. The summed E-state index contributed by atoms with van der Waals surface area (Å²) in [4.78, 5) is 0. The predicted octanol–water partition coefficient (Wildman–Crippen LogP) is 4.18. The van der Waals surface area contributed by atoms with Crippen LogP contribution in [0.25, 0.3) is 0 Å². The van der Waals surface area contributed by atoms with Crippen LogP contribution < -0.4 is 11.2 Å². The summed E-state index contributed by atoms with van der Waals surface area (Å²) in [5.41, 5.74) is 10.1. The third-order valence-electron chi connectivity index (χ3n) is 4.77. The highest BCUT2D eigenvalue weighted by Gasteiger charge is 2.36. The average Bonchev–Trinajstić information content (AvgIpc) is 2.87. The highest BCUT2D eigenvalue weighted by molar-refractivity contribution is 4.89. The van der Waals surface area contributed by atoms with Crippen molar-refractivity contribution in [1.82, 2.24) is 10.4 Å². The molecule has 1 unspecified atom stereocenters. The fourth-order valence-corrected chi connectivity index (χ4v) is 3.40. The number of rotatable bonds is 11. The maximum Gasteiger partial charge on any atom is 0.0726 e. The molecule has 20 heavy (non-hydrogen) atoms. The van der Waals surface area contributed by atoms with Crippen LogP contribution in [-0.4, -0.2) is 23.3 Å². The molecule has 120 valence electrons. The summed E-state index contributed by atoms with van der Waals surface area (Å²) in [7, 11) is 0. The van der Waals surface area contributed by atoms with Crippen LogP contribution in [0.4, 0.5) is 0 Å². The molecule has 1 fully saturated rings. The second kappa shape index (κ2) is 9.75. The molecule has 1 aliphatic rings. The van der Waals surface area contributed by atoms with Gasteiger partial charge in [0.2, 0.25) is 0 Å². The van der Waals surface area contributed by atoms with E-state index in [1.165, 1.54) is 64.2 Å². The first-order chi connectivity index (χ1) is 9.64. The van der Waals surface area contributed by atoms with Gasteiger partial charge in [-0.3, -0.25) is 5.43 Å². The van der Waals surface area contributed by atoms with E-state index >= 15 is 0 Å². The van der Waals surface area contributed by atoms with Crippen LogP contribution in [0.15, 0.2) is 0 Å². The van der Waals surface area contributed by atoms with Crippen molar-refractivity contribution in [3.63, 3.8) is 0 Å². The van der Waals surface area contributed by atoms with E-state index in [4.69, 9.17) is 5.73 Å². The summed E-state index contributed by atoms with van der Waals surface area (Å²) in [5.74, 6) is 0. The van der Waals surface area contributed by atoms with Gasteiger partial charge in [-0.2, -0.15) is 0 Å². The Morgan fingerprint density at radius 3 is 1.95 bits per heavy atom. The quantitative estimate of drug-likeness (QED) is 0.559. The Morgan fingerprint density at radius 2 is 1.55 bits per heavy atom. The number of hydrogen-bond donors (Lipinski definition) is 2. The molecule has 0 aromatic rings. The van der Waals surface area contributed by atoms with Gasteiger partial charge < -0.3 is 5.73 Å². The lowest BCUT2D eigenvalue weighted by atomic mass is 9.87. The topological polar surface area (TPSA) is 41.3 Å². The zero-order valence-corrected chi connectivity index (χ0v) is 14.1. The van der Waals surface area contributed by atoms with E-state index in [0.29, 0.717) is 0 Å². The minimum absolute atomic E-state index is 0.206. The first-order valence-corrected chi connectivity index (χ1v) is 8.92. The van der Waals surface area contributed by atoms with Gasteiger partial charge in [-0.15, -0.1) is 0 Å². The molecular weight excluding hydrogens is 246 g/mol. The fourth-order valence-electron chi connectivity index (χ4n) is 3.40. The average molecular weight is 284 g/mol. The minimum atomic E-state index is 0.206. The van der Waals surface area contributed by atoms with Crippen molar-refractivity contribution in [3.8, 4) is 0 Å². The van der Waals surface area contributed by atoms with E-state index in [1.807, 2.05) is 0 Å². The van der Waals surface area contributed by atoms with Crippen LogP contribution >= 0.6 is 0 Å². The van der Waals surface area contributed by atoms with Crippen LogP contribution in [-0.2, 0) is 0 Å². The highest BCUT2D eigenvalue weighted by atomic mass is 15.6. The van der Waals surface area contributed by atoms with Crippen LogP contribution in [0.2, 0.25) is 0 Å². The maximum atomic E-state index is 6.29. The van der Waals surface area contributed by atoms with Gasteiger partial charge in [0.25, 0.3) is 0 Å². The number of nitrogens with one attached hydrogen (secondary N) is 1. The van der Waals surface area contributed by atoms with E-state index < -0.39 is 0 Å².